The lowest BCUT2D eigenvalue weighted by molar-refractivity contribution is -0.127. The number of benzene rings is 1. The highest BCUT2D eigenvalue weighted by molar-refractivity contribution is 9.10. The Morgan fingerprint density at radius 1 is 1.58 bits per heavy atom. The number of ether oxygens (including phenoxy) is 1. The number of nitrogens with one attached hydrogen (secondary N) is 1. The number of terminal acetylenes is 1. The molecule has 0 heterocycles. The number of hydrogen-bond donors (Lipinski definition) is 2. The van der Waals surface area contributed by atoms with Crippen molar-refractivity contribution < 1.29 is 19.4 Å². The Hall–Kier alpha value is -2.00. The van der Waals surface area contributed by atoms with Crippen molar-refractivity contribution in [1.29, 1.82) is 0 Å². The lowest BCUT2D eigenvalue weighted by Gasteiger charge is -2.15. The molecular weight excluding hydrogens is 314 g/mol. The van der Waals surface area contributed by atoms with E-state index < -0.39 is 12.1 Å². The van der Waals surface area contributed by atoms with Gasteiger partial charge in [0.2, 0.25) is 0 Å². The molecule has 0 radical (unpaired) electrons. The highest BCUT2D eigenvalue weighted by atomic mass is 79.9. The van der Waals surface area contributed by atoms with Crippen LogP contribution in [0.4, 0.5) is 0 Å². The smallest absolute Gasteiger partial charge is 0.335 e. The zero-order valence-corrected chi connectivity index (χ0v) is 11.7. The van der Waals surface area contributed by atoms with Crippen LogP contribution in [0.15, 0.2) is 22.7 Å². The molecule has 100 valence electrons. The number of hydrogen-bond acceptors (Lipinski definition) is 3. The first-order valence-corrected chi connectivity index (χ1v) is 6.15. The zero-order chi connectivity index (χ0) is 14.4. The van der Waals surface area contributed by atoms with Crippen molar-refractivity contribution in [3.63, 3.8) is 0 Å². The molecule has 1 rings (SSSR count). The van der Waals surface area contributed by atoms with E-state index in [1.165, 1.54) is 12.1 Å². The lowest BCUT2D eigenvalue weighted by atomic mass is 10.2. The van der Waals surface area contributed by atoms with Gasteiger partial charge < -0.3 is 15.2 Å². The van der Waals surface area contributed by atoms with Gasteiger partial charge in [-0.25, -0.2) is 4.79 Å². The normalized spacial score (nSPS) is 11.2. The largest absolute Gasteiger partial charge is 0.480 e. The van der Waals surface area contributed by atoms with Crippen LogP contribution in [-0.2, 0) is 4.79 Å². The van der Waals surface area contributed by atoms with Gasteiger partial charge >= 0.3 is 5.97 Å². The van der Waals surface area contributed by atoms with Gasteiger partial charge in [0, 0.05) is 0 Å². The molecule has 6 heteroatoms. The third-order valence-electron chi connectivity index (χ3n) is 2.22. The zero-order valence-electron chi connectivity index (χ0n) is 10.1. The molecule has 0 aliphatic heterocycles. The van der Waals surface area contributed by atoms with Gasteiger partial charge in [-0.05, 0) is 41.1 Å². The van der Waals surface area contributed by atoms with Crippen molar-refractivity contribution >= 4 is 27.8 Å². The second kappa shape index (κ2) is 6.81. The Morgan fingerprint density at radius 2 is 2.26 bits per heavy atom. The van der Waals surface area contributed by atoms with Crippen LogP contribution in [0.3, 0.4) is 0 Å². The molecule has 19 heavy (non-hydrogen) atoms. The molecular formula is C13H12BrNO4. The van der Waals surface area contributed by atoms with E-state index in [4.69, 9.17) is 16.3 Å². The number of carboxylic acids is 1. The highest BCUT2D eigenvalue weighted by Crippen LogP contribution is 2.27. The van der Waals surface area contributed by atoms with E-state index in [0.29, 0.717) is 4.47 Å². The van der Waals surface area contributed by atoms with E-state index in [0.717, 1.165) is 0 Å². The Kier molecular flexibility index (Phi) is 5.39. The summed E-state index contributed by atoms with van der Waals surface area (Å²) in [5.41, 5.74) is 0.0782. The SMILES string of the molecule is C#CCNC(=O)C(C)Oc1cc(C(=O)O)ccc1Br. The molecule has 0 saturated heterocycles. The van der Waals surface area contributed by atoms with E-state index in [1.807, 2.05) is 0 Å². The first kappa shape index (κ1) is 15.1. The number of amides is 1. The summed E-state index contributed by atoms with van der Waals surface area (Å²) in [4.78, 5) is 22.4. The molecule has 0 bridgehead atoms. The van der Waals surface area contributed by atoms with Crippen molar-refractivity contribution in [2.75, 3.05) is 6.54 Å². The summed E-state index contributed by atoms with van der Waals surface area (Å²) >= 11 is 3.23. The van der Waals surface area contributed by atoms with Crippen LogP contribution in [0.1, 0.15) is 17.3 Å². The number of halogens is 1. The van der Waals surface area contributed by atoms with Crippen molar-refractivity contribution in [2.45, 2.75) is 13.0 Å². The minimum Gasteiger partial charge on any atom is -0.480 e. The molecule has 0 fully saturated rings. The van der Waals surface area contributed by atoms with Crippen LogP contribution in [-0.4, -0.2) is 29.6 Å². The molecule has 1 aromatic carbocycles. The molecule has 0 aliphatic carbocycles. The van der Waals surface area contributed by atoms with E-state index in [1.54, 1.807) is 13.0 Å². The quantitative estimate of drug-likeness (QED) is 0.807. The number of carbonyl (C=O) groups excluding carboxylic acids is 1. The number of rotatable bonds is 5. The van der Waals surface area contributed by atoms with Crippen LogP contribution >= 0.6 is 15.9 Å². The second-order valence-electron chi connectivity index (χ2n) is 3.63. The van der Waals surface area contributed by atoms with Gasteiger partial charge in [-0.15, -0.1) is 6.42 Å². The summed E-state index contributed by atoms with van der Waals surface area (Å²) in [6.07, 6.45) is 4.24. The van der Waals surface area contributed by atoms with Gasteiger partial charge in [0.25, 0.3) is 5.91 Å². The number of aromatic carboxylic acids is 1. The topological polar surface area (TPSA) is 75.6 Å². The highest BCUT2D eigenvalue weighted by Gasteiger charge is 2.16. The Bertz CT molecular complexity index is 536. The van der Waals surface area contributed by atoms with Crippen molar-refractivity contribution in [3.05, 3.63) is 28.2 Å². The Morgan fingerprint density at radius 3 is 2.84 bits per heavy atom. The Labute approximate surface area is 119 Å². The average Bonchev–Trinajstić information content (AvgIpc) is 2.38. The molecule has 5 nitrogen and oxygen atoms in total. The second-order valence-corrected chi connectivity index (χ2v) is 4.49. The van der Waals surface area contributed by atoms with E-state index >= 15 is 0 Å². The number of carboxylic acid groups (broad SMARTS) is 1. The Balaban J connectivity index is 2.81. The average molecular weight is 326 g/mol. The van der Waals surface area contributed by atoms with Crippen LogP contribution in [0, 0.1) is 12.3 Å². The third kappa shape index (κ3) is 4.30. The fourth-order valence-corrected chi connectivity index (χ4v) is 1.59. The lowest BCUT2D eigenvalue weighted by Crippen LogP contribution is -2.36. The van der Waals surface area contributed by atoms with Gasteiger partial charge in [0.05, 0.1) is 16.6 Å². The molecule has 0 spiro atoms. The molecule has 0 aromatic heterocycles. The van der Waals surface area contributed by atoms with Crippen molar-refractivity contribution in [2.24, 2.45) is 0 Å². The minimum absolute atomic E-state index is 0.0782. The first-order chi connectivity index (χ1) is 8.95. The van der Waals surface area contributed by atoms with E-state index in [2.05, 4.69) is 27.2 Å². The fraction of sp³-hybridized carbons (Fsp3) is 0.231. The summed E-state index contributed by atoms with van der Waals surface area (Å²) in [7, 11) is 0. The molecule has 2 N–H and O–H groups in total. The standard InChI is InChI=1S/C13H12BrNO4/c1-3-6-15-12(16)8(2)19-11-7-9(13(17)18)4-5-10(11)14/h1,4-5,7-8H,6H2,2H3,(H,15,16)(H,17,18). The maximum absolute atomic E-state index is 11.6. The molecule has 1 unspecified atom stereocenters. The maximum atomic E-state index is 11.6. The number of carbonyl (C=O) groups is 2. The molecule has 0 saturated carbocycles. The molecule has 1 amide bonds. The predicted octanol–water partition coefficient (Wildman–Crippen LogP) is 1.66. The maximum Gasteiger partial charge on any atom is 0.335 e. The monoisotopic (exact) mass is 325 g/mol. The van der Waals surface area contributed by atoms with Crippen LogP contribution in [0.5, 0.6) is 5.75 Å². The molecule has 1 aromatic rings. The van der Waals surface area contributed by atoms with Gasteiger partial charge in [-0.2, -0.15) is 0 Å². The van der Waals surface area contributed by atoms with E-state index in [-0.39, 0.29) is 23.8 Å². The minimum atomic E-state index is -1.07. The van der Waals surface area contributed by atoms with Crippen LogP contribution in [0.25, 0.3) is 0 Å². The summed E-state index contributed by atoms with van der Waals surface area (Å²) in [6, 6.07) is 4.32. The molecule has 0 aliphatic rings. The van der Waals surface area contributed by atoms with Gasteiger partial charge in [0.1, 0.15) is 5.75 Å². The van der Waals surface area contributed by atoms with E-state index in [9.17, 15) is 9.59 Å². The van der Waals surface area contributed by atoms with Crippen molar-refractivity contribution in [3.8, 4) is 18.1 Å². The summed E-state index contributed by atoms with van der Waals surface area (Å²) in [5, 5.41) is 11.4. The summed E-state index contributed by atoms with van der Waals surface area (Å²) < 4.78 is 5.97. The van der Waals surface area contributed by atoms with Crippen LogP contribution in [0.2, 0.25) is 0 Å². The van der Waals surface area contributed by atoms with Crippen LogP contribution < -0.4 is 10.1 Å². The fourth-order valence-electron chi connectivity index (χ4n) is 1.25. The van der Waals surface area contributed by atoms with Crippen molar-refractivity contribution in [1.82, 2.24) is 5.32 Å². The summed E-state index contributed by atoms with van der Waals surface area (Å²) in [5.74, 6) is 1.12. The molecule has 1 atom stereocenters. The van der Waals surface area contributed by atoms with Gasteiger partial charge in [0.15, 0.2) is 6.10 Å². The van der Waals surface area contributed by atoms with Gasteiger partial charge in [-0.1, -0.05) is 5.92 Å². The third-order valence-corrected chi connectivity index (χ3v) is 2.87. The summed E-state index contributed by atoms with van der Waals surface area (Å²) in [6.45, 7) is 1.66. The van der Waals surface area contributed by atoms with Gasteiger partial charge in [-0.3, -0.25) is 4.79 Å². The first-order valence-electron chi connectivity index (χ1n) is 5.36. The predicted molar refractivity (Wildman–Crippen MR) is 73.0 cm³/mol.